The van der Waals surface area contributed by atoms with E-state index >= 15 is 0 Å². The van der Waals surface area contributed by atoms with Gasteiger partial charge in [0.2, 0.25) is 12.4 Å². The Morgan fingerprint density at radius 1 is 0.623 bits per heavy atom. The van der Waals surface area contributed by atoms with Crippen LogP contribution in [-0.4, -0.2) is 65.1 Å². The number of nitrogens with zero attached hydrogens (tertiary/aromatic N) is 2. The predicted molar refractivity (Wildman–Crippen MR) is 183 cm³/mol. The molecular formula is C38H29N3O12. The first-order chi connectivity index (χ1) is 25.7. The van der Waals surface area contributed by atoms with Gasteiger partial charge in [-0.25, -0.2) is 28.8 Å². The van der Waals surface area contributed by atoms with E-state index in [4.69, 9.17) is 23.7 Å². The van der Waals surface area contributed by atoms with Crippen LogP contribution in [0.25, 0.3) is 0 Å². The normalized spacial score (nSPS) is 17.5. The van der Waals surface area contributed by atoms with Gasteiger partial charge in [0.1, 0.15) is 11.6 Å². The maximum atomic E-state index is 13.5. The van der Waals surface area contributed by atoms with Gasteiger partial charge in [-0.1, -0.05) is 54.6 Å². The monoisotopic (exact) mass is 719 g/mol. The molecule has 0 saturated carbocycles. The fourth-order valence-electron chi connectivity index (χ4n) is 5.15. The second-order valence-electron chi connectivity index (χ2n) is 11.2. The van der Waals surface area contributed by atoms with Crippen molar-refractivity contribution in [3.05, 3.63) is 160 Å². The van der Waals surface area contributed by atoms with Crippen LogP contribution in [0.15, 0.2) is 132 Å². The number of rotatable bonds is 10. The van der Waals surface area contributed by atoms with Crippen molar-refractivity contribution >= 4 is 35.8 Å². The highest BCUT2D eigenvalue weighted by molar-refractivity contribution is 5.91. The van der Waals surface area contributed by atoms with Gasteiger partial charge < -0.3 is 28.4 Å². The first-order valence-electron chi connectivity index (χ1n) is 15.9. The van der Waals surface area contributed by atoms with Gasteiger partial charge in [-0.05, 0) is 66.7 Å². The van der Waals surface area contributed by atoms with Crippen LogP contribution in [0.3, 0.4) is 0 Å². The second kappa shape index (κ2) is 16.3. The summed E-state index contributed by atoms with van der Waals surface area (Å²) in [4.78, 5) is 81.6. The van der Waals surface area contributed by atoms with Crippen LogP contribution < -0.4 is 15.7 Å². The van der Waals surface area contributed by atoms with E-state index in [1.165, 1.54) is 80.0 Å². The van der Waals surface area contributed by atoms with E-state index in [9.17, 15) is 28.8 Å². The summed E-state index contributed by atoms with van der Waals surface area (Å²) in [5, 5.41) is 2.33. The number of carbonyl (C=O) groups excluding carboxylic acids is 5. The van der Waals surface area contributed by atoms with Crippen molar-refractivity contribution in [1.82, 2.24) is 9.55 Å². The Labute approximate surface area is 300 Å². The topological polar surface area (TPSA) is 188 Å². The molecule has 268 valence electrons. The highest BCUT2D eigenvalue weighted by atomic mass is 16.8. The molecule has 4 aromatic carbocycles. The van der Waals surface area contributed by atoms with Crippen molar-refractivity contribution in [3.63, 3.8) is 0 Å². The van der Waals surface area contributed by atoms with Gasteiger partial charge in [0.05, 0.1) is 29.4 Å². The standard InChI is InChI=1S/C38H29N3O12/c1-48-32(42)26-17-19-27(20-18-26)49-38(47)40-28-21-22-41(37(46)39-28)31-29(50-33(43)23-11-5-2-6-12-23)30(51-34(44)24-13-7-3-8-14-24)36(52-31)53-35(45)25-15-9-4-10-16-25/h2-22,29-31,36H,1H3,(H,39,40,46,47). The van der Waals surface area contributed by atoms with Gasteiger partial charge in [0, 0.05) is 6.20 Å². The number of esters is 4. The highest BCUT2D eigenvalue weighted by Gasteiger charge is 2.53. The third-order valence-electron chi connectivity index (χ3n) is 7.70. The Morgan fingerprint density at radius 2 is 1.11 bits per heavy atom. The molecule has 0 radical (unpaired) electrons. The summed E-state index contributed by atoms with van der Waals surface area (Å²) in [6.45, 7) is 0. The lowest BCUT2D eigenvalue weighted by molar-refractivity contribution is -0.149. The van der Waals surface area contributed by atoms with Gasteiger partial charge in [0.25, 0.3) is 0 Å². The number of ether oxygens (including phenoxy) is 6. The number of benzene rings is 4. The highest BCUT2D eigenvalue weighted by Crippen LogP contribution is 2.35. The van der Waals surface area contributed by atoms with Gasteiger partial charge >= 0.3 is 35.7 Å². The van der Waals surface area contributed by atoms with Crippen LogP contribution in [0.4, 0.5) is 10.6 Å². The van der Waals surface area contributed by atoms with Crippen molar-refractivity contribution in [2.24, 2.45) is 0 Å². The Morgan fingerprint density at radius 3 is 1.62 bits per heavy atom. The number of amides is 1. The number of methoxy groups -OCH3 is 1. The molecule has 1 saturated heterocycles. The van der Waals surface area contributed by atoms with Gasteiger partial charge in [-0.15, -0.1) is 0 Å². The Hall–Kier alpha value is -7.13. The van der Waals surface area contributed by atoms with Gasteiger partial charge in [-0.2, -0.15) is 4.98 Å². The summed E-state index contributed by atoms with van der Waals surface area (Å²) in [6.07, 6.45) is -6.22. The molecule has 6 rings (SSSR count). The minimum absolute atomic E-state index is 0.0816. The van der Waals surface area contributed by atoms with E-state index < -0.39 is 60.4 Å². The third kappa shape index (κ3) is 8.61. The molecule has 1 N–H and O–H groups in total. The average molecular weight is 720 g/mol. The summed E-state index contributed by atoms with van der Waals surface area (Å²) in [6, 6.07) is 30.5. The van der Waals surface area contributed by atoms with Crippen LogP contribution in [-0.2, 0) is 23.7 Å². The maximum absolute atomic E-state index is 13.5. The number of aromatic nitrogens is 2. The maximum Gasteiger partial charge on any atom is 0.418 e. The number of nitrogens with one attached hydrogen (secondary N) is 1. The first kappa shape index (κ1) is 35.7. The summed E-state index contributed by atoms with van der Waals surface area (Å²) in [5.41, 5.74) is -0.350. The summed E-state index contributed by atoms with van der Waals surface area (Å²) < 4.78 is 34.1. The largest absolute Gasteiger partial charge is 0.465 e. The molecule has 0 spiro atoms. The molecule has 1 aliphatic heterocycles. The first-order valence-corrected chi connectivity index (χ1v) is 15.9. The van der Waals surface area contributed by atoms with E-state index in [0.717, 1.165) is 4.57 Å². The molecule has 1 fully saturated rings. The average Bonchev–Trinajstić information content (AvgIpc) is 3.50. The molecule has 5 aromatic rings. The molecule has 15 heteroatoms. The molecule has 15 nitrogen and oxygen atoms in total. The fourth-order valence-corrected chi connectivity index (χ4v) is 5.15. The molecular weight excluding hydrogens is 690 g/mol. The fraction of sp³-hybridized carbons (Fsp3) is 0.132. The predicted octanol–water partition coefficient (Wildman–Crippen LogP) is 4.80. The molecule has 4 atom stereocenters. The quantitative estimate of drug-likeness (QED) is 0.153. The minimum atomic E-state index is -1.68. The summed E-state index contributed by atoms with van der Waals surface area (Å²) in [5.74, 6) is -3.29. The van der Waals surface area contributed by atoms with E-state index in [2.05, 4.69) is 15.0 Å². The van der Waals surface area contributed by atoms with E-state index in [1.807, 2.05) is 0 Å². The van der Waals surface area contributed by atoms with E-state index in [1.54, 1.807) is 54.6 Å². The molecule has 0 bridgehead atoms. The van der Waals surface area contributed by atoms with Crippen LogP contribution in [0.1, 0.15) is 47.7 Å². The summed E-state index contributed by atoms with van der Waals surface area (Å²) >= 11 is 0. The summed E-state index contributed by atoms with van der Waals surface area (Å²) in [7, 11) is 1.23. The van der Waals surface area contributed by atoms with Crippen LogP contribution in [0.5, 0.6) is 5.75 Å². The molecule has 0 aliphatic carbocycles. The lowest BCUT2D eigenvalue weighted by atomic mass is 10.1. The van der Waals surface area contributed by atoms with E-state index in [-0.39, 0.29) is 33.8 Å². The van der Waals surface area contributed by atoms with Crippen LogP contribution >= 0.6 is 0 Å². The SMILES string of the molecule is COC(=O)c1ccc(OC(=O)Nc2ccn(C3OC(OC(=O)c4ccccc4)C(OC(=O)c4ccccc4)C3OC(=O)c3ccccc3)c(=O)n2)cc1. The number of carbonyl (C=O) groups is 5. The molecule has 53 heavy (non-hydrogen) atoms. The van der Waals surface area contributed by atoms with Gasteiger partial charge in [0.15, 0.2) is 12.3 Å². The van der Waals surface area contributed by atoms with Gasteiger partial charge in [-0.3, -0.25) is 9.88 Å². The Kier molecular flexibility index (Phi) is 11.0. The van der Waals surface area contributed by atoms with E-state index in [0.29, 0.717) is 0 Å². The molecule has 1 aliphatic rings. The number of hydrogen-bond acceptors (Lipinski definition) is 13. The zero-order valence-electron chi connectivity index (χ0n) is 27.7. The lowest BCUT2D eigenvalue weighted by Crippen LogP contribution is -2.42. The lowest BCUT2D eigenvalue weighted by Gasteiger charge is -2.24. The smallest absolute Gasteiger partial charge is 0.418 e. The second-order valence-corrected chi connectivity index (χ2v) is 11.2. The van der Waals surface area contributed by atoms with Crippen molar-refractivity contribution in [1.29, 1.82) is 0 Å². The Bertz CT molecular complexity index is 2160. The Balaban J connectivity index is 1.29. The zero-order chi connectivity index (χ0) is 37.3. The van der Waals surface area contributed by atoms with Crippen molar-refractivity contribution in [3.8, 4) is 5.75 Å². The van der Waals surface area contributed by atoms with Crippen LogP contribution in [0, 0.1) is 0 Å². The molecule has 4 unspecified atom stereocenters. The zero-order valence-corrected chi connectivity index (χ0v) is 27.7. The van der Waals surface area contributed by atoms with Crippen molar-refractivity contribution < 1.29 is 52.4 Å². The molecule has 1 aromatic heterocycles. The minimum Gasteiger partial charge on any atom is -0.465 e. The van der Waals surface area contributed by atoms with Crippen LogP contribution in [0.2, 0.25) is 0 Å². The number of anilines is 1. The van der Waals surface area contributed by atoms with Crippen molar-refractivity contribution in [2.75, 3.05) is 12.4 Å². The number of hydrogen-bond donors (Lipinski definition) is 1. The molecule has 2 heterocycles. The molecule has 1 amide bonds. The third-order valence-corrected chi connectivity index (χ3v) is 7.70. The van der Waals surface area contributed by atoms with Crippen molar-refractivity contribution in [2.45, 2.75) is 24.7 Å².